The van der Waals surface area contributed by atoms with Crippen LogP contribution < -0.4 is 0 Å². The van der Waals surface area contributed by atoms with Crippen LogP contribution in [0.15, 0.2) is 58.2 Å². The van der Waals surface area contributed by atoms with Crippen LogP contribution in [-0.4, -0.2) is 6.21 Å². The molecule has 0 aliphatic carbocycles. The lowest BCUT2D eigenvalue weighted by Gasteiger charge is -2.00. The molecule has 0 atom stereocenters. The second-order valence-electron chi connectivity index (χ2n) is 4.02. The number of hydrogen-bond donors (Lipinski definition) is 0. The summed E-state index contributed by atoms with van der Waals surface area (Å²) in [6.45, 7) is 2.55. The van der Waals surface area contributed by atoms with Crippen LogP contribution >= 0.6 is 15.9 Å². The van der Waals surface area contributed by atoms with E-state index in [1.54, 1.807) is 6.21 Å². The van der Waals surface area contributed by atoms with E-state index in [-0.39, 0.29) is 0 Å². The Kier molecular flexibility index (Phi) is 4.53. The zero-order valence-electron chi connectivity index (χ0n) is 10.1. The van der Waals surface area contributed by atoms with Crippen molar-refractivity contribution in [2.24, 2.45) is 5.16 Å². The van der Waals surface area contributed by atoms with Crippen LogP contribution in [0.1, 0.15) is 16.7 Å². The molecule has 0 bridgehead atoms. The highest BCUT2D eigenvalue weighted by Crippen LogP contribution is 2.13. The van der Waals surface area contributed by atoms with E-state index >= 15 is 0 Å². The molecule has 2 aromatic carbocycles. The molecule has 0 spiro atoms. The number of oxime groups is 1. The third-order valence-corrected chi connectivity index (χ3v) is 3.25. The second kappa shape index (κ2) is 6.36. The molecule has 92 valence electrons. The monoisotopic (exact) mass is 303 g/mol. The lowest BCUT2D eigenvalue weighted by Crippen LogP contribution is -1.89. The first-order valence-corrected chi connectivity index (χ1v) is 6.50. The van der Waals surface area contributed by atoms with Crippen LogP contribution in [0.4, 0.5) is 0 Å². The van der Waals surface area contributed by atoms with Crippen molar-refractivity contribution in [3.63, 3.8) is 0 Å². The lowest BCUT2D eigenvalue weighted by atomic mass is 10.2. The summed E-state index contributed by atoms with van der Waals surface area (Å²) < 4.78 is 1.01. The fraction of sp³-hybridized carbons (Fsp3) is 0.133. The Morgan fingerprint density at radius 2 is 1.83 bits per heavy atom. The third kappa shape index (κ3) is 3.70. The van der Waals surface area contributed by atoms with Crippen LogP contribution in [0.3, 0.4) is 0 Å². The highest BCUT2D eigenvalue weighted by Gasteiger charge is 1.94. The number of halogens is 1. The fourth-order valence-electron chi connectivity index (χ4n) is 1.47. The molecule has 0 amide bonds. The first kappa shape index (κ1) is 12.8. The van der Waals surface area contributed by atoms with Crippen LogP contribution in [-0.2, 0) is 11.4 Å². The molecule has 0 radical (unpaired) electrons. The molecule has 0 aliphatic heterocycles. The molecular formula is C15H14BrNO. The number of hydrogen-bond acceptors (Lipinski definition) is 2. The van der Waals surface area contributed by atoms with Gasteiger partial charge in [0, 0.05) is 10.0 Å². The van der Waals surface area contributed by atoms with Crippen LogP contribution in [0.25, 0.3) is 0 Å². The predicted molar refractivity (Wildman–Crippen MR) is 77.7 cm³/mol. The van der Waals surface area contributed by atoms with E-state index in [2.05, 4.69) is 40.1 Å². The van der Waals surface area contributed by atoms with Crippen LogP contribution in [0, 0.1) is 6.92 Å². The van der Waals surface area contributed by atoms with Crippen molar-refractivity contribution < 1.29 is 4.84 Å². The molecule has 2 aromatic rings. The summed E-state index contributed by atoms with van der Waals surface area (Å²) in [5.74, 6) is 0. The highest BCUT2D eigenvalue weighted by molar-refractivity contribution is 9.10. The largest absolute Gasteiger partial charge is 0.391 e. The zero-order valence-corrected chi connectivity index (χ0v) is 11.7. The lowest BCUT2D eigenvalue weighted by molar-refractivity contribution is 0.132. The number of benzene rings is 2. The normalized spacial score (nSPS) is 10.8. The van der Waals surface area contributed by atoms with Gasteiger partial charge in [0.1, 0.15) is 6.61 Å². The van der Waals surface area contributed by atoms with Gasteiger partial charge >= 0.3 is 0 Å². The van der Waals surface area contributed by atoms with E-state index in [9.17, 15) is 0 Å². The fourth-order valence-corrected chi connectivity index (χ4v) is 1.86. The zero-order chi connectivity index (χ0) is 12.8. The summed E-state index contributed by atoms with van der Waals surface area (Å²) in [5, 5.41) is 3.97. The summed E-state index contributed by atoms with van der Waals surface area (Å²) in [7, 11) is 0. The maximum absolute atomic E-state index is 5.27. The van der Waals surface area contributed by atoms with Gasteiger partial charge in [-0.15, -0.1) is 0 Å². The van der Waals surface area contributed by atoms with Gasteiger partial charge in [-0.1, -0.05) is 69.1 Å². The molecule has 0 aliphatic rings. The van der Waals surface area contributed by atoms with E-state index in [1.807, 2.05) is 36.4 Å². The summed E-state index contributed by atoms with van der Waals surface area (Å²) in [5.41, 5.74) is 3.36. The van der Waals surface area contributed by atoms with Crippen molar-refractivity contribution in [3.8, 4) is 0 Å². The molecule has 0 heterocycles. The molecule has 0 saturated heterocycles. The molecular weight excluding hydrogens is 290 g/mol. The second-order valence-corrected chi connectivity index (χ2v) is 4.87. The first-order valence-electron chi connectivity index (χ1n) is 5.71. The van der Waals surface area contributed by atoms with E-state index in [0.29, 0.717) is 6.61 Å². The van der Waals surface area contributed by atoms with Crippen molar-refractivity contribution in [2.45, 2.75) is 13.5 Å². The highest BCUT2D eigenvalue weighted by atomic mass is 79.9. The van der Waals surface area contributed by atoms with Crippen molar-refractivity contribution in [3.05, 3.63) is 69.7 Å². The molecule has 2 rings (SSSR count). The van der Waals surface area contributed by atoms with E-state index in [1.165, 1.54) is 5.56 Å². The smallest absolute Gasteiger partial charge is 0.142 e. The van der Waals surface area contributed by atoms with Gasteiger partial charge in [-0.3, -0.25) is 0 Å². The summed E-state index contributed by atoms with van der Waals surface area (Å²) in [6.07, 6.45) is 1.71. The quantitative estimate of drug-likeness (QED) is 0.609. The molecule has 18 heavy (non-hydrogen) atoms. The van der Waals surface area contributed by atoms with E-state index in [0.717, 1.165) is 15.6 Å². The van der Waals surface area contributed by atoms with Gasteiger partial charge in [-0.2, -0.15) is 0 Å². The maximum atomic E-state index is 5.27. The molecule has 0 saturated carbocycles. The van der Waals surface area contributed by atoms with Gasteiger partial charge in [0.2, 0.25) is 0 Å². The van der Waals surface area contributed by atoms with Crippen LogP contribution in [0.5, 0.6) is 0 Å². The standard InChI is InChI=1S/C15H14BrNO/c1-12-6-8-13(9-7-12)11-18-17-10-14-4-2-3-5-15(14)16/h2-10H,11H2,1H3. The van der Waals surface area contributed by atoms with Gasteiger partial charge < -0.3 is 4.84 Å². The Morgan fingerprint density at radius 3 is 2.56 bits per heavy atom. The third-order valence-electron chi connectivity index (χ3n) is 2.52. The minimum atomic E-state index is 0.487. The van der Waals surface area contributed by atoms with E-state index < -0.39 is 0 Å². The van der Waals surface area contributed by atoms with E-state index in [4.69, 9.17) is 4.84 Å². The Balaban J connectivity index is 1.89. The van der Waals surface area contributed by atoms with Gasteiger partial charge in [-0.25, -0.2) is 0 Å². The van der Waals surface area contributed by atoms with Crippen molar-refractivity contribution >= 4 is 22.1 Å². The summed E-state index contributed by atoms with van der Waals surface area (Å²) >= 11 is 3.45. The van der Waals surface area contributed by atoms with Crippen molar-refractivity contribution in [2.75, 3.05) is 0 Å². The molecule has 3 heteroatoms. The Morgan fingerprint density at radius 1 is 1.11 bits per heavy atom. The first-order chi connectivity index (χ1) is 8.75. The van der Waals surface area contributed by atoms with Gasteiger partial charge in [0.25, 0.3) is 0 Å². The Labute approximate surface area is 115 Å². The van der Waals surface area contributed by atoms with Crippen molar-refractivity contribution in [1.82, 2.24) is 0 Å². The minimum absolute atomic E-state index is 0.487. The van der Waals surface area contributed by atoms with Gasteiger partial charge in [0.05, 0.1) is 6.21 Å². The van der Waals surface area contributed by atoms with Gasteiger partial charge in [0.15, 0.2) is 0 Å². The molecule has 0 N–H and O–H groups in total. The predicted octanol–water partition coefficient (Wildman–Crippen LogP) is 4.31. The Bertz CT molecular complexity index is 534. The number of rotatable bonds is 4. The van der Waals surface area contributed by atoms with Gasteiger partial charge in [-0.05, 0) is 18.6 Å². The summed E-state index contributed by atoms with van der Waals surface area (Å²) in [6, 6.07) is 16.1. The number of nitrogens with zero attached hydrogens (tertiary/aromatic N) is 1. The maximum Gasteiger partial charge on any atom is 0.142 e. The molecule has 0 fully saturated rings. The topological polar surface area (TPSA) is 21.6 Å². The SMILES string of the molecule is Cc1ccc(CON=Cc2ccccc2Br)cc1. The van der Waals surface area contributed by atoms with Crippen molar-refractivity contribution in [1.29, 1.82) is 0 Å². The minimum Gasteiger partial charge on any atom is -0.391 e. The average Bonchev–Trinajstić information content (AvgIpc) is 2.39. The van der Waals surface area contributed by atoms with Crippen LogP contribution in [0.2, 0.25) is 0 Å². The molecule has 0 aromatic heterocycles. The number of aryl methyl sites for hydroxylation is 1. The molecule has 0 unspecified atom stereocenters. The average molecular weight is 304 g/mol. The molecule has 2 nitrogen and oxygen atoms in total. The Hall–Kier alpha value is -1.61. The summed E-state index contributed by atoms with van der Waals surface area (Å²) in [4.78, 5) is 5.27.